The Bertz CT molecular complexity index is 636. The lowest BCUT2D eigenvalue weighted by Gasteiger charge is -2.08. The van der Waals surface area contributed by atoms with E-state index in [-0.39, 0.29) is 0 Å². The smallest absolute Gasteiger partial charge is 0.0997 e. The third-order valence-electron chi connectivity index (χ3n) is 3.02. The summed E-state index contributed by atoms with van der Waals surface area (Å²) in [4.78, 5) is 4.26. The standard InChI is InChI=1S/C16H14N2/c1-13-7-9-14(10-8-13)16-11-17-12-18(16)15-5-3-2-4-6-15/h2-12H,1H3. The fraction of sp³-hybridized carbons (Fsp3) is 0.0625. The second kappa shape index (κ2) is 4.49. The van der Waals surface area contributed by atoms with Crippen LogP contribution in [-0.4, -0.2) is 9.55 Å². The molecular weight excluding hydrogens is 220 g/mol. The van der Waals surface area contributed by atoms with Crippen LogP contribution in [0.25, 0.3) is 16.9 Å². The van der Waals surface area contributed by atoms with Crippen LogP contribution in [0, 0.1) is 6.92 Å². The van der Waals surface area contributed by atoms with E-state index in [1.807, 2.05) is 30.7 Å². The van der Waals surface area contributed by atoms with E-state index >= 15 is 0 Å². The van der Waals surface area contributed by atoms with Crippen molar-refractivity contribution in [3.05, 3.63) is 72.7 Å². The number of hydrogen-bond donors (Lipinski definition) is 0. The molecule has 0 saturated heterocycles. The Balaban J connectivity index is 2.10. The molecule has 18 heavy (non-hydrogen) atoms. The molecule has 88 valence electrons. The van der Waals surface area contributed by atoms with Crippen LogP contribution in [0.15, 0.2) is 67.1 Å². The van der Waals surface area contributed by atoms with E-state index in [9.17, 15) is 0 Å². The maximum Gasteiger partial charge on any atom is 0.0997 e. The number of nitrogens with zero attached hydrogens (tertiary/aromatic N) is 2. The topological polar surface area (TPSA) is 17.8 Å². The summed E-state index contributed by atoms with van der Waals surface area (Å²) in [6.45, 7) is 2.10. The van der Waals surface area contributed by atoms with Crippen molar-refractivity contribution in [3.8, 4) is 16.9 Å². The van der Waals surface area contributed by atoms with Crippen molar-refractivity contribution in [1.29, 1.82) is 0 Å². The third kappa shape index (κ3) is 1.93. The summed E-state index contributed by atoms with van der Waals surface area (Å²) in [7, 11) is 0. The maximum atomic E-state index is 4.26. The molecule has 0 unspecified atom stereocenters. The highest BCUT2D eigenvalue weighted by atomic mass is 15.0. The molecule has 0 aliphatic heterocycles. The van der Waals surface area contributed by atoms with Crippen LogP contribution in [0.2, 0.25) is 0 Å². The highest BCUT2D eigenvalue weighted by Crippen LogP contribution is 2.22. The summed E-state index contributed by atoms with van der Waals surface area (Å²) in [6.07, 6.45) is 3.75. The predicted octanol–water partition coefficient (Wildman–Crippen LogP) is 3.85. The van der Waals surface area contributed by atoms with E-state index in [0.29, 0.717) is 0 Å². The van der Waals surface area contributed by atoms with E-state index in [1.54, 1.807) is 0 Å². The van der Waals surface area contributed by atoms with Gasteiger partial charge in [-0.2, -0.15) is 0 Å². The molecule has 3 rings (SSSR count). The van der Waals surface area contributed by atoms with Gasteiger partial charge in [0.2, 0.25) is 0 Å². The second-order valence-electron chi connectivity index (χ2n) is 4.35. The average molecular weight is 234 g/mol. The lowest BCUT2D eigenvalue weighted by atomic mass is 10.1. The van der Waals surface area contributed by atoms with Gasteiger partial charge in [0.1, 0.15) is 0 Å². The largest absolute Gasteiger partial charge is 0.299 e. The van der Waals surface area contributed by atoms with Gasteiger partial charge < -0.3 is 0 Å². The first-order chi connectivity index (χ1) is 8.84. The van der Waals surface area contributed by atoms with Gasteiger partial charge in [0.25, 0.3) is 0 Å². The third-order valence-corrected chi connectivity index (χ3v) is 3.02. The summed E-state index contributed by atoms with van der Waals surface area (Å²) in [6, 6.07) is 18.8. The first-order valence-corrected chi connectivity index (χ1v) is 5.99. The fourth-order valence-electron chi connectivity index (χ4n) is 2.03. The van der Waals surface area contributed by atoms with Gasteiger partial charge in [0, 0.05) is 11.3 Å². The minimum absolute atomic E-state index is 1.11. The summed E-state index contributed by atoms with van der Waals surface area (Å²) >= 11 is 0. The van der Waals surface area contributed by atoms with Crippen molar-refractivity contribution < 1.29 is 0 Å². The SMILES string of the molecule is Cc1ccc(-c2cncn2-c2ccccc2)cc1. The molecule has 1 aromatic heterocycles. The van der Waals surface area contributed by atoms with E-state index in [4.69, 9.17) is 0 Å². The highest BCUT2D eigenvalue weighted by Gasteiger charge is 2.05. The number of imidazole rings is 1. The van der Waals surface area contributed by atoms with Crippen molar-refractivity contribution in [1.82, 2.24) is 9.55 Å². The minimum atomic E-state index is 1.11. The lowest BCUT2D eigenvalue weighted by molar-refractivity contribution is 1.06. The van der Waals surface area contributed by atoms with Crippen molar-refractivity contribution in [3.63, 3.8) is 0 Å². The van der Waals surface area contributed by atoms with Crippen LogP contribution in [0.3, 0.4) is 0 Å². The van der Waals surface area contributed by atoms with Crippen LogP contribution in [-0.2, 0) is 0 Å². The predicted molar refractivity (Wildman–Crippen MR) is 73.7 cm³/mol. The van der Waals surface area contributed by atoms with Crippen molar-refractivity contribution in [2.24, 2.45) is 0 Å². The molecule has 0 aliphatic rings. The molecule has 0 amide bonds. The molecule has 0 bridgehead atoms. The Morgan fingerprint density at radius 3 is 2.33 bits per heavy atom. The molecule has 0 spiro atoms. The number of aromatic nitrogens is 2. The van der Waals surface area contributed by atoms with Gasteiger partial charge in [0.15, 0.2) is 0 Å². The van der Waals surface area contributed by atoms with E-state index in [2.05, 4.69) is 52.9 Å². The van der Waals surface area contributed by atoms with Crippen molar-refractivity contribution in [2.75, 3.05) is 0 Å². The first kappa shape index (κ1) is 10.8. The van der Waals surface area contributed by atoms with Gasteiger partial charge in [0.05, 0.1) is 18.2 Å². The zero-order chi connectivity index (χ0) is 12.4. The molecule has 0 radical (unpaired) electrons. The summed E-state index contributed by atoms with van der Waals surface area (Å²) in [5.41, 5.74) is 4.69. The van der Waals surface area contributed by atoms with Crippen LogP contribution in [0.1, 0.15) is 5.56 Å². The summed E-state index contributed by atoms with van der Waals surface area (Å²) in [5.74, 6) is 0. The molecule has 0 saturated carbocycles. The molecule has 0 fully saturated rings. The maximum absolute atomic E-state index is 4.26. The van der Waals surface area contributed by atoms with Crippen LogP contribution in [0.5, 0.6) is 0 Å². The normalized spacial score (nSPS) is 10.5. The van der Waals surface area contributed by atoms with Crippen molar-refractivity contribution >= 4 is 0 Å². The van der Waals surface area contributed by atoms with Gasteiger partial charge in [-0.25, -0.2) is 4.98 Å². The van der Waals surface area contributed by atoms with Gasteiger partial charge in [-0.05, 0) is 19.1 Å². The van der Waals surface area contributed by atoms with Crippen LogP contribution in [0.4, 0.5) is 0 Å². The Hall–Kier alpha value is -2.35. The molecule has 2 heteroatoms. The van der Waals surface area contributed by atoms with E-state index in [0.717, 1.165) is 11.4 Å². The zero-order valence-electron chi connectivity index (χ0n) is 10.2. The summed E-state index contributed by atoms with van der Waals surface area (Å²) < 4.78 is 2.10. The van der Waals surface area contributed by atoms with Gasteiger partial charge in [-0.1, -0.05) is 48.0 Å². The van der Waals surface area contributed by atoms with Gasteiger partial charge in [-0.3, -0.25) is 4.57 Å². The van der Waals surface area contributed by atoms with Crippen LogP contribution >= 0.6 is 0 Å². The highest BCUT2D eigenvalue weighted by molar-refractivity contribution is 5.62. The Kier molecular flexibility index (Phi) is 2.69. The number of aryl methyl sites for hydroxylation is 1. The average Bonchev–Trinajstić information content (AvgIpc) is 2.90. The Labute approximate surface area is 107 Å². The van der Waals surface area contributed by atoms with Gasteiger partial charge >= 0.3 is 0 Å². The molecule has 2 nitrogen and oxygen atoms in total. The first-order valence-electron chi connectivity index (χ1n) is 5.99. The second-order valence-corrected chi connectivity index (χ2v) is 4.35. The number of para-hydroxylation sites is 1. The number of rotatable bonds is 2. The van der Waals surface area contributed by atoms with Crippen LogP contribution < -0.4 is 0 Å². The molecular formula is C16H14N2. The quantitative estimate of drug-likeness (QED) is 0.658. The molecule has 3 aromatic rings. The number of hydrogen-bond acceptors (Lipinski definition) is 1. The Morgan fingerprint density at radius 2 is 1.61 bits per heavy atom. The molecule has 0 aliphatic carbocycles. The number of benzene rings is 2. The minimum Gasteiger partial charge on any atom is -0.299 e. The van der Waals surface area contributed by atoms with E-state index in [1.165, 1.54) is 11.1 Å². The van der Waals surface area contributed by atoms with Crippen molar-refractivity contribution in [2.45, 2.75) is 6.92 Å². The molecule has 0 atom stereocenters. The van der Waals surface area contributed by atoms with E-state index < -0.39 is 0 Å². The lowest BCUT2D eigenvalue weighted by Crippen LogP contribution is -1.94. The molecule has 1 heterocycles. The molecule has 0 N–H and O–H groups in total. The molecule has 2 aromatic carbocycles. The summed E-state index contributed by atoms with van der Waals surface area (Å²) in [5, 5.41) is 0. The monoisotopic (exact) mass is 234 g/mol. The fourth-order valence-corrected chi connectivity index (χ4v) is 2.03. The zero-order valence-corrected chi connectivity index (χ0v) is 10.2. The Morgan fingerprint density at radius 1 is 0.889 bits per heavy atom. The van der Waals surface area contributed by atoms with Gasteiger partial charge in [-0.15, -0.1) is 0 Å².